The van der Waals surface area contributed by atoms with Gasteiger partial charge in [-0.1, -0.05) is 6.07 Å². The number of hydrogen-bond acceptors (Lipinski definition) is 3. The number of carbonyl (C=O) groups is 1. The van der Waals surface area contributed by atoms with Crippen LogP contribution in [0.15, 0.2) is 18.2 Å². The minimum Gasteiger partial charge on any atom is -0.392 e. The molecule has 0 unspecified atom stereocenters. The monoisotopic (exact) mass is 302 g/mol. The summed E-state index contributed by atoms with van der Waals surface area (Å²) in [5.41, 5.74) is -0.747. The smallest absolute Gasteiger partial charge is 0.392 e. The molecular weight excluding hydrogens is 285 g/mol. The fraction of sp³-hybridized carbons (Fsp3) is 0.500. The first kappa shape index (κ1) is 15.6. The number of amides is 1. The van der Waals surface area contributed by atoms with Gasteiger partial charge in [0.1, 0.15) is 0 Å². The Morgan fingerprint density at radius 2 is 2.10 bits per heavy atom. The van der Waals surface area contributed by atoms with Crippen LogP contribution < -0.4 is 10.2 Å². The van der Waals surface area contributed by atoms with E-state index in [2.05, 4.69) is 5.32 Å². The van der Waals surface area contributed by atoms with E-state index in [1.165, 1.54) is 24.1 Å². The second-order valence-electron chi connectivity index (χ2n) is 5.21. The summed E-state index contributed by atoms with van der Waals surface area (Å²) < 4.78 is 39.2. The number of anilines is 1. The fourth-order valence-electron chi connectivity index (χ4n) is 2.04. The summed E-state index contributed by atoms with van der Waals surface area (Å²) >= 11 is 0. The summed E-state index contributed by atoms with van der Waals surface area (Å²) in [5, 5.41) is 11.7. The quantitative estimate of drug-likeness (QED) is 0.873. The van der Waals surface area contributed by atoms with Gasteiger partial charge in [-0.15, -0.1) is 0 Å². The van der Waals surface area contributed by atoms with Crippen LogP contribution in [0, 0.1) is 0 Å². The average Bonchev–Trinajstić information content (AvgIpc) is 3.20. The number of halogens is 3. The largest absolute Gasteiger partial charge is 0.418 e. The van der Waals surface area contributed by atoms with E-state index < -0.39 is 18.3 Å². The lowest BCUT2D eigenvalue weighted by Gasteiger charge is -2.23. The van der Waals surface area contributed by atoms with Crippen molar-refractivity contribution in [3.8, 4) is 0 Å². The SMILES string of the molecule is CN(CC(=O)NC1CC1)c1ccc(CO)cc1C(F)(F)F. The zero-order chi connectivity index (χ0) is 15.6. The molecule has 1 aliphatic rings. The lowest BCUT2D eigenvalue weighted by molar-refractivity contribution is -0.137. The van der Waals surface area contributed by atoms with Gasteiger partial charge in [-0.05, 0) is 30.5 Å². The van der Waals surface area contributed by atoms with Crippen LogP contribution in [-0.4, -0.2) is 30.6 Å². The predicted molar refractivity (Wildman–Crippen MR) is 71.8 cm³/mol. The number of benzene rings is 1. The molecule has 2 rings (SSSR count). The van der Waals surface area contributed by atoms with Gasteiger partial charge in [-0.2, -0.15) is 13.2 Å². The molecule has 1 fully saturated rings. The summed E-state index contributed by atoms with van der Waals surface area (Å²) in [7, 11) is 1.44. The van der Waals surface area contributed by atoms with Gasteiger partial charge in [0.05, 0.1) is 18.7 Å². The van der Waals surface area contributed by atoms with E-state index in [0.29, 0.717) is 0 Å². The topological polar surface area (TPSA) is 52.6 Å². The average molecular weight is 302 g/mol. The van der Waals surface area contributed by atoms with E-state index in [-0.39, 0.29) is 29.7 Å². The summed E-state index contributed by atoms with van der Waals surface area (Å²) in [5.74, 6) is -0.292. The number of carbonyl (C=O) groups excluding carboxylic acids is 1. The molecular formula is C14H17F3N2O2. The molecule has 0 aliphatic heterocycles. The number of likely N-dealkylation sites (N-methyl/N-ethyl adjacent to an activating group) is 1. The maximum Gasteiger partial charge on any atom is 0.418 e. The highest BCUT2D eigenvalue weighted by Crippen LogP contribution is 2.37. The summed E-state index contributed by atoms with van der Waals surface area (Å²) in [6.45, 7) is -0.604. The van der Waals surface area contributed by atoms with Crippen molar-refractivity contribution in [2.24, 2.45) is 0 Å². The Morgan fingerprint density at radius 3 is 2.62 bits per heavy atom. The summed E-state index contributed by atoms with van der Waals surface area (Å²) in [6, 6.07) is 3.77. The third-order valence-corrected chi connectivity index (χ3v) is 3.28. The van der Waals surface area contributed by atoms with E-state index in [9.17, 15) is 18.0 Å². The first-order chi connectivity index (χ1) is 9.81. The molecule has 0 radical (unpaired) electrons. The van der Waals surface area contributed by atoms with E-state index in [4.69, 9.17) is 5.11 Å². The van der Waals surface area contributed by atoms with Crippen molar-refractivity contribution < 1.29 is 23.1 Å². The molecule has 21 heavy (non-hydrogen) atoms. The second kappa shape index (κ2) is 5.93. The number of hydrogen-bond donors (Lipinski definition) is 2. The summed E-state index contributed by atoms with van der Waals surface area (Å²) in [4.78, 5) is 13.0. The minimum atomic E-state index is -4.54. The lowest BCUT2D eigenvalue weighted by Crippen LogP contribution is -2.37. The maximum atomic E-state index is 13.1. The molecule has 2 N–H and O–H groups in total. The molecule has 0 heterocycles. The Balaban J connectivity index is 2.18. The lowest BCUT2D eigenvalue weighted by atomic mass is 10.1. The predicted octanol–water partition coefficient (Wildman–Crippen LogP) is 1.91. The molecule has 0 atom stereocenters. The Morgan fingerprint density at radius 1 is 1.43 bits per heavy atom. The highest BCUT2D eigenvalue weighted by molar-refractivity contribution is 5.82. The Hall–Kier alpha value is -1.76. The summed E-state index contributed by atoms with van der Waals surface area (Å²) in [6.07, 6.45) is -2.69. The first-order valence-electron chi connectivity index (χ1n) is 6.62. The number of alkyl halides is 3. The van der Waals surface area contributed by atoms with Gasteiger partial charge in [0.25, 0.3) is 0 Å². The van der Waals surface area contributed by atoms with Crippen molar-refractivity contribution in [1.29, 1.82) is 0 Å². The molecule has 4 nitrogen and oxygen atoms in total. The molecule has 1 aromatic carbocycles. The van der Waals surface area contributed by atoms with Crippen molar-refractivity contribution in [1.82, 2.24) is 5.32 Å². The Bertz CT molecular complexity index is 527. The van der Waals surface area contributed by atoms with Crippen LogP contribution in [0.1, 0.15) is 24.0 Å². The molecule has 0 aromatic heterocycles. The zero-order valence-corrected chi connectivity index (χ0v) is 11.6. The van der Waals surface area contributed by atoms with Gasteiger partial charge in [-0.3, -0.25) is 4.79 Å². The van der Waals surface area contributed by atoms with E-state index in [0.717, 1.165) is 18.9 Å². The second-order valence-corrected chi connectivity index (χ2v) is 5.21. The third-order valence-electron chi connectivity index (χ3n) is 3.28. The number of aliphatic hydroxyl groups excluding tert-OH is 1. The van der Waals surface area contributed by atoms with Crippen LogP contribution in [0.5, 0.6) is 0 Å². The molecule has 116 valence electrons. The maximum absolute atomic E-state index is 13.1. The van der Waals surface area contributed by atoms with Crippen LogP contribution in [0.3, 0.4) is 0 Å². The molecule has 1 aromatic rings. The normalized spacial score (nSPS) is 14.9. The molecule has 0 bridgehead atoms. The molecule has 0 saturated heterocycles. The highest BCUT2D eigenvalue weighted by atomic mass is 19.4. The van der Waals surface area contributed by atoms with Gasteiger partial charge in [-0.25, -0.2) is 0 Å². The van der Waals surface area contributed by atoms with Crippen molar-refractivity contribution in [2.45, 2.75) is 31.7 Å². The van der Waals surface area contributed by atoms with Gasteiger partial charge < -0.3 is 15.3 Å². The fourth-order valence-corrected chi connectivity index (χ4v) is 2.04. The first-order valence-corrected chi connectivity index (χ1v) is 6.62. The van der Waals surface area contributed by atoms with Crippen molar-refractivity contribution in [3.63, 3.8) is 0 Å². The van der Waals surface area contributed by atoms with Crippen LogP contribution in [0.25, 0.3) is 0 Å². The highest BCUT2D eigenvalue weighted by Gasteiger charge is 2.35. The molecule has 1 aliphatic carbocycles. The zero-order valence-electron chi connectivity index (χ0n) is 11.6. The number of aliphatic hydroxyl groups is 1. The van der Waals surface area contributed by atoms with Gasteiger partial charge in [0.15, 0.2) is 0 Å². The molecule has 7 heteroatoms. The van der Waals surface area contributed by atoms with Gasteiger partial charge in [0, 0.05) is 18.8 Å². The van der Waals surface area contributed by atoms with Crippen molar-refractivity contribution >= 4 is 11.6 Å². The van der Waals surface area contributed by atoms with Gasteiger partial charge >= 0.3 is 6.18 Å². The Kier molecular flexibility index (Phi) is 4.41. The third kappa shape index (κ3) is 4.10. The van der Waals surface area contributed by atoms with Crippen LogP contribution in [-0.2, 0) is 17.6 Å². The minimum absolute atomic E-state index is 0.0781. The van der Waals surface area contributed by atoms with Crippen LogP contribution in [0.4, 0.5) is 18.9 Å². The van der Waals surface area contributed by atoms with Crippen LogP contribution in [0.2, 0.25) is 0 Å². The number of nitrogens with zero attached hydrogens (tertiary/aromatic N) is 1. The van der Waals surface area contributed by atoms with E-state index >= 15 is 0 Å². The number of nitrogens with one attached hydrogen (secondary N) is 1. The van der Waals surface area contributed by atoms with E-state index in [1.807, 2.05) is 0 Å². The molecule has 1 amide bonds. The van der Waals surface area contributed by atoms with Crippen molar-refractivity contribution in [2.75, 3.05) is 18.5 Å². The van der Waals surface area contributed by atoms with Crippen LogP contribution >= 0.6 is 0 Å². The molecule has 0 spiro atoms. The van der Waals surface area contributed by atoms with Crippen molar-refractivity contribution in [3.05, 3.63) is 29.3 Å². The number of rotatable bonds is 5. The molecule has 1 saturated carbocycles. The standard InChI is InChI=1S/C14H17F3N2O2/c1-19(7-13(21)18-10-3-4-10)12-5-2-9(8-20)6-11(12)14(15,16)17/h2,5-6,10,20H,3-4,7-8H2,1H3,(H,18,21). The van der Waals surface area contributed by atoms with Gasteiger partial charge in [0.2, 0.25) is 5.91 Å². The van der Waals surface area contributed by atoms with E-state index in [1.54, 1.807) is 0 Å². The Labute approximate surface area is 120 Å².